The number of thioether (sulfide) groups is 1. The second kappa shape index (κ2) is 9.77. The predicted molar refractivity (Wildman–Crippen MR) is 136 cm³/mol. The van der Waals surface area contributed by atoms with Crippen molar-refractivity contribution >= 4 is 40.9 Å². The number of amides is 2. The van der Waals surface area contributed by atoms with Crippen molar-refractivity contribution in [3.05, 3.63) is 48.4 Å². The zero-order valence-electron chi connectivity index (χ0n) is 20.2. The van der Waals surface area contributed by atoms with Gasteiger partial charge in [0.25, 0.3) is 0 Å². The van der Waals surface area contributed by atoms with Gasteiger partial charge in [-0.1, -0.05) is 37.7 Å². The van der Waals surface area contributed by atoms with Crippen molar-refractivity contribution in [3.8, 4) is 0 Å². The summed E-state index contributed by atoms with van der Waals surface area (Å²) >= 11 is 1.35. The van der Waals surface area contributed by atoms with E-state index in [9.17, 15) is 9.59 Å². The van der Waals surface area contributed by atoms with Crippen LogP contribution in [-0.4, -0.2) is 51.5 Å². The fraction of sp³-hybridized carbons (Fsp3) is 0.440. The first-order valence-electron chi connectivity index (χ1n) is 12.0. The topological polar surface area (TPSA) is 96.5 Å². The van der Waals surface area contributed by atoms with E-state index in [-0.39, 0.29) is 18.4 Å². The average Bonchev–Trinajstić information content (AvgIpc) is 3.48. The molecule has 0 aliphatic carbocycles. The van der Waals surface area contributed by atoms with Crippen molar-refractivity contribution in [2.75, 3.05) is 34.8 Å². The van der Waals surface area contributed by atoms with E-state index in [1.807, 2.05) is 41.8 Å². The van der Waals surface area contributed by atoms with Crippen molar-refractivity contribution in [2.24, 2.45) is 11.8 Å². The van der Waals surface area contributed by atoms with Gasteiger partial charge in [-0.25, -0.2) is 0 Å². The number of nitrogens with zero attached hydrogens (tertiary/aromatic N) is 5. The van der Waals surface area contributed by atoms with Gasteiger partial charge in [0, 0.05) is 13.1 Å². The maximum atomic E-state index is 13.5. The number of furan rings is 1. The lowest BCUT2D eigenvalue weighted by Crippen LogP contribution is -2.45. The molecule has 184 valence electrons. The summed E-state index contributed by atoms with van der Waals surface area (Å²) in [6, 6.07) is 11.1. The molecule has 0 radical (unpaired) electrons. The van der Waals surface area contributed by atoms with Crippen LogP contribution in [-0.2, 0) is 16.1 Å². The van der Waals surface area contributed by atoms with E-state index in [2.05, 4.69) is 34.3 Å². The number of nitrogens with one attached hydrogen (secondary N) is 1. The standard InChI is InChI=1S/C25H30N6O3S/c1-16-11-17(2)13-29(12-16)24-27-28-25(31(24)14-19-7-6-10-34-19)35-18(3)23(33)30-15-22(32)26-20-8-4-5-9-21(20)30/h4-10,16-18H,11-15H2,1-3H3,(H,26,32)/t16-,17-,18+/m1/s1. The van der Waals surface area contributed by atoms with Gasteiger partial charge in [-0.05, 0) is 49.4 Å². The molecule has 2 amide bonds. The molecule has 3 atom stereocenters. The molecule has 1 saturated heterocycles. The lowest BCUT2D eigenvalue weighted by molar-refractivity contribution is -0.121. The molecule has 0 unspecified atom stereocenters. The zero-order valence-corrected chi connectivity index (χ0v) is 21.0. The van der Waals surface area contributed by atoms with Crippen molar-refractivity contribution in [3.63, 3.8) is 0 Å². The second-order valence-corrected chi connectivity index (χ2v) is 10.9. The third-order valence-corrected chi connectivity index (χ3v) is 7.48. The van der Waals surface area contributed by atoms with Crippen molar-refractivity contribution < 1.29 is 14.0 Å². The van der Waals surface area contributed by atoms with Gasteiger partial charge < -0.3 is 14.6 Å². The number of fused-ring (bicyclic) bond motifs is 1. The minimum Gasteiger partial charge on any atom is -0.467 e. The van der Waals surface area contributed by atoms with E-state index in [1.54, 1.807) is 17.2 Å². The van der Waals surface area contributed by atoms with Crippen molar-refractivity contribution in [1.82, 2.24) is 14.8 Å². The Bertz CT molecular complexity index is 1200. The maximum Gasteiger partial charge on any atom is 0.244 e. The van der Waals surface area contributed by atoms with Crippen molar-refractivity contribution in [2.45, 2.75) is 44.1 Å². The van der Waals surface area contributed by atoms with E-state index < -0.39 is 5.25 Å². The number of benzene rings is 1. The van der Waals surface area contributed by atoms with Gasteiger partial charge in [0.2, 0.25) is 17.8 Å². The Morgan fingerprint density at radius 3 is 2.69 bits per heavy atom. The molecule has 1 N–H and O–H groups in total. The van der Waals surface area contributed by atoms with Crippen LogP contribution < -0.4 is 15.1 Å². The third kappa shape index (κ3) is 4.93. The highest BCUT2D eigenvalue weighted by Gasteiger charge is 2.32. The van der Waals surface area contributed by atoms with Gasteiger partial charge in [0.05, 0.1) is 29.4 Å². The summed E-state index contributed by atoms with van der Waals surface area (Å²) in [6.07, 6.45) is 2.85. The molecule has 35 heavy (non-hydrogen) atoms. The van der Waals surface area contributed by atoms with Gasteiger partial charge in [-0.2, -0.15) is 0 Å². The fourth-order valence-corrected chi connectivity index (χ4v) is 5.89. The summed E-state index contributed by atoms with van der Waals surface area (Å²) in [5.41, 5.74) is 1.35. The minimum atomic E-state index is -0.472. The van der Waals surface area contributed by atoms with Crippen LogP contribution in [0, 0.1) is 11.8 Å². The summed E-state index contributed by atoms with van der Waals surface area (Å²) in [7, 11) is 0. The van der Waals surface area contributed by atoms with Crippen LogP contribution in [0.4, 0.5) is 17.3 Å². The lowest BCUT2D eigenvalue weighted by atomic mass is 9.92. The second-order valence-electron chi connectivity index (χ2n) is 9.55. The maximum absolute atomic E-state index is 13.5. The SMILES string of the molecule is C[C@@H]1C[C@@H](C)CN(c2nnc(S[C@@H](C)C(=O)N3CC(=O)Nc4ccccc43)n2Cc2ccco2)C1. The van der Waals surface area contributed by atoms with Crippen LogP contribution in [0.2, 0.25) is 0 Å². The molecule has 9 nitrogen and oxygen atoms in total. The van der Waals surface area contributed by atoms with Gasteiger partial charge in [0.1, 0.15) is 12.3 Å². The van der Waals surface area contributed by atoms with Crippen LogP contribution in [0.25, 0.3) is 0 Å². The molecule has 0 spiro atoms. The summed E-state index contributed by atoms with van der Waals surface area (Å²) in [5, 5.41) is 12.1. The highest BCUT2D eigenvalue weighted by molar-refractivity contribution is 8.00. The molecule has 3 aromatic rings. The Hall–Kier alpha value is -3.27. The Morgan fingerprint density at radius 1 is 1.17 bits per heavy atom. The van der Waals surface area contributed by atoms with E-state index in [0.29, 0.717) is 34.9 Å². The largest absolute Gasteiger partial charge is 0.467 e. The normalized spacial score (nSPS) is 20.9. The molecule has 2 aliphatic heterocycles. The molecule has 10 heteroatoms. The molecule has 0 bridgehead atoms. The number of rotatable bonds is 6. The van der Waals surface area contributed by atoms with Gasteiger partial charge in [0.15, 0.2) is 5.16 Å². The molecular formula is C25H30N6O3S. The minimum absolute atomic E-state index is 0.00532. The molecule has 2 aliphatic rings. The highest BCUT2D eigenvalue weighted by atomic mass is 32.2. The number of carbonyl (C=O) groups is 2. The van der Waals surface area contributed by atoms with E-state index >= 15 is 0 Å². The number of aromatic nitrogens is 3. The Kier molecular flexibility index (Phi) is 6.55. The van der Waals surface area contributed by atoms with Gasteiger partial charge in [-0.15, -0.1) is 10.2 Å². The van der Waals surface area contributed by atoms with Gasteiger partial charge in [-0.3, -0.25) is 19.1 Å². The summed E-state index contributed by atoms with van der Waals surface area (Å²) in [6.45, 7) is 8.68. The van der Waals surface area contributed by atoms with E-state index in [1.165, 1.54) is 18.2 Å². The third-order valence-electron chi connectivity index (χ3n) is 6.41. The molecule has 1 fully saturated rings. The number of para-hydroxylation sites is 2. The average molecular weight is 495 g/mol. The van der Waals surface area contributed by atoms with Crippen molar-refractivity contribution in [1.29, 1.82) is 0 Å². The van der Waals surface area contributed by atoms with E-state index in [0.717, 1.165) is 24.8 Å². The number of anilines is 3. The molecule has 1 aromatic carbocycles. The first-order chi connectivity index (χ1) is 16.9. The number of hydrogen-bond donors (Lipinski definition) is 1. The Morgan fingerprint density at radius 2 is 1.94 bits per heavy atom. The molecular weight excluding hydrogens is 464 g/mol. The van der Waals surface area contributed by atoms with Crippen LogP contribution >= 0.6 is 11.8 Å². The number of carbonyl (C=O) groups excluding carboxylic acids is 2. The number of piperidine rings is 1. The number of hydrogen-bond acceptors (Lipinski definition) is 7. The smallest absolute Gasteiger partial charge is 0.244 e. The summed E-state index contributed by atoms with van der Waals surface area (Å²) < 4.78 is 7.66. The monoisotopic (exact) mass is 494 g/mol. The quantitative estimate of drug-likeness (QED) is 0.520. The molecule has 2 aromatic heterocycles. The molecule has 0 saturated carbocycles. The highest BCUT2D eigenvalue weighted by Crippen LogP contribution is 2.34. The Balaban J connectivity index is 1.41. The van der Waals surface area contributed by atoms with Crippen LogP contribution in [0.5, 0.6) is 0 Å². The molecule has 4 heterocycles. The van der Waals surface area contributed by atoms with Gasteiger partial charge >= 0.3 is 0 Å². The first kappa shape index (κ1) is 23.5. The summed E-state index contributed by atoms with van der Waals surface area (Å²) in [4.78, 5) is 29.5. The molecule has 5 rings (SSSR count). The fourth-order valence-electron chi connectivity index (χ4n) is 4.98. The Labute approximate surface area is 208 Å². The zero-order chi connectivity index (χ0) is 24.5. The summed E-state index contributed by atoms with van der Waals surface area (Å²) in [5.74, 6) is 2.37. The van der Waals surface area contributed by atoms with Crippen LogP contribution in [0.1, 0.15) is 33.0 Å². The first-order valence-corrected chi connectivity index (χ1v) is 12.8. The van der Waals surface area contributed by atoms with Crippen LogP contribution in [0.15, 0.2) is 52.2 Å². The predicted octanol–water partition coefficient (Wildman–Crippen LogP) is 3.87. The van der Waals surface area contributed by atoms with Crippen LogP contribution in [0.3, 0.4) is 0 Å². The lowest BCUT2D eigenvalue weighted by Gasteiger charge is -2.35. The van der Waals surface area contributed by atoms with E-state index in [4.69, 9.17) is 4.42 Å².